The number of alkyl carbamates (subject to hydrolysis) is 1. The number of nitriles is 1. The van der Waals surface area contributed by atoms with Gasteiger partial charge >= 0.3 is 6.09 Å². The molecule has 0 spiro atoms. The second-order valence-corrected chi connectivity index (χ2v) is 3.67. The lowest BCUT2D eigenvalue weighted by Gasteiger charge is -2.06. The van der Waals surface area contributed by atoms with E-state index >= 15 is 0 Å². The lowest BCUT2D eigenvalue weighted by Crippen LogP contribution is -2.24. The molecule has 1 N–H and O–H groups in total. The zero-order valence-electron chi connectivity index (χ0n) is 8.17. The van der Waals surface area contributed by atoms with Gasteiger partial charge in [0.25, 0.3) is 0 Å². The number of rotatable bonds is 3. The van der Waals surface area contributed by atoms with Gasteiger partial charge in [-0.25, -0.2) is 4.79 Å². The predicted octanol–water partition coefficient (Wildman–Crippen LogP) is 2.74. The van der Waals surface area contributed by atoms with Crippen LogP contribution < -0.4 is 5.32 Å². The van der Waals surface area contributed by atoms with E-state index in [2.05, 4.69) is 5.32 Å². The molecule has 0 heterocycles. The second kappa shape index (κ2) is 6.21. The summed E-state index contributed by atoms with van der Waals surface area (Å²) < 4.78 is 4.82. The molecule has 0 aliphatic rings. The van der Waals surface area contributed by atoms with Crippen LogP contribution in [0.25, 0.3) is 0 Å². The van der Waals surface area contributed by atoms with Crippen LogP contribution in [0.1, 0.15) is 5.56 Å². The highest BCUT2D eigenvalue weighted by atomic mass is 35.5. The van der Waals surface area contributed by atoms with Crippen molar-refractivity contribution in [1.29, 1.82) is 5.26 Å². The van der Waals surface area contributed by atoms with Gasteiger partial charge in [-0.1, -0.05) is 29.3 Å². The van der Waals surface area contributed by atoms with E-state index in [1.165, 1.54) is 0 Å². The van der Waals surface area contributed by atoms with Crippen molar-refractivity contribution in [2.75, 3.05) is 6.54 Å². The summed E-state index contributed by atoms with van der Waals surface area (Å²) in [6, 6.07) is 6.65. The SMILES string of the molecule is N#CCNC(=O)OCc1ccc(Cl)cc1Cl. The summed E-state index contributed by atoms with van der Waals surface area (Å²) in [5, 5.41) is 11.4. The Hall–Kier alpha value is -1.44. The second-order valence-electron chi connectivity index (χ2n) is 2.82. The first kappa shape index (κ1) is 12.6. The minimum absolute atomic E-state index is 0.0350. The number of nitrogens with zero attached hydrogens (tertiary/aromatic N) is 1. The highest BCUT2D eigenvalue weighted by Gasteiger charge is 2.05. The molecule has 0 fully saturated rings. The summed E-state index contributed by atoms with van der Waals surface area (Å²) in [5.74, 6) is 0. The van der Waals surface area contributed by atoms with E-state index in [9.17, 15) is 4.79 Å². The minimum atomic E-state index is -0.660. The third kappa shape index (κ3) is 3.97. The van der Waals surface area contributed by atoms with E-state index in [0.29, 0.717) is 15.6 Å². The van der Waals surface area contributed by atoms with Crippen LogP contribution in [0.5, 0.6) is 0 Å². The summed E-state index contributed by atoms with van der Waals surface area (Å²) in [7, 11) is 0. The Morgan fingerprint density at radius 3 is 2.88 bits per heavy atom. The van der Waals surface area contributed by atoms with Crippen molar-refractivity contribution in [3.8, 4) is 6.07 Å². The predicted molar refractivity (Wildman–Crippen MR) is 60.3 cm³/mol. The van der Waals surface area contributed by atoms with Gasteiger partial charge in [-0.2, -0.15) is 5.26 Å². The van der Waals surface area contributed by atoms with Crippen LogP contribution in [0.4, 0.5) is 4.79 Å². The Kier molecular flexibility index (Phi) is 4.90. The number of ether oxygens (including phenoxy) is 1. The Labute approximate surface area is 103 Å². The van der Waals surface area contributed by atoms with Crippen LogP contribution in [0.2, 0.25) is 10.0 Å². The number of hydrogen-bond donors (Lipinski definition) is 1. The molecule has 0 aromatic heterocycles. The van der Waals surface area contributed by atoms with Gasteiger partial charge in [0.15, 0.2) is 0 Å². The van der Waals surface area contributed by atoms with Crippen molar-refractivity contribution >= 4 is 29.3 Å². The maximum atomic E-state index is 11.0. The molecule has 1 amide bonds. The molecule has 16 heavy (non-hydrogen) atoms. The first-order chi connectivity index (χ1) is 7.63. The Bertz CT molecular complexity index is 429. The van der Waals surface area contributed by atoms with Crippen molar-refractivity contribution in [1.82, 2.24) is 5.32 Å². The minimum Gasteiger partial charge on any atom is -0.445 e. The molecule has 0 radical (unpaired) electrons. The molecule has 0 aliphatic heterocycles. The fourth-order valence-electron chi connectivity index (χ4n) is 0.945. The van der Waals surface area contributed by atoms with Crippen molar-refractivity contribution in [3.05, 3.63) is 33.8 Å². The van der Waals surface area contributed by atoms with Crippen LogP contribution in [-0.2, 0) is 11.3 Å². The monoisotopic (exact) mass is 258 g/mol. The highest BCUT2D eigenvalue weighted by molar-refractivity contribution is 6.35. The van der Waals surface area contributed by atoms with E-state index in [4.69, 9.17) is 33.2 Å². The summed E-state index contributed by atoms with van der Waals surface area (Å²) in [6.45, 7) is -0.0551. The van der Waals surface area contributed by atoms with Gasteiger partial charge in [0.05, 0.1) is 6.07 Å². The number of nitrogens with one attached hydrogen (secondary N) is 1. The average Bonchev–Trinajstić information content (AvgIpc) is 2.25. The van der Waals surface area contributed by atoms with Crippen LogP contribution in [-0.4, -0.2) is 12.6 Å². The Balaban J connectivity index is 2.49. The average molecular weight is 259 g/mol. The normalized spacial score (nSPS) is 9.31. The third-order valence-electron chi connectivity index (χ3n) is 1.69. The van der Waals surface area contributed by atoms with Gasteiger partial charge in [0, 0.05) is 15.6 Å². The molecule has 0 bridgehead atoms. The van der Waals surface area contributed by atoms with Crippen molar-refractivity contribution < 1.29 is 9.53 Å². The molecular weight excluding hydrogens is 251 g/mol. The van der Waals surface area contributed by atoms with Gasteiger partial charge in [-0.15, -0.1) is 0 Å². The zero-order valence-corrected chi connectivity index (χ0v) is 9.68. The lowest BCUT2D eigenvalue weighted by molar-refractivity contribution is 0.141. The standard InChI is InChI=1S/C10H8Cl2N2O2/c11-8-2-1-7(9(12)5-8)6-16-10(15)14-4-3-13/h1-2,5H,4,6H2,(H,14,15). The van der Waals surface area contributed by atoms with Crippen molar-refractivity contribution in [2.45, 2.75) is 6.61 Å². The van der Waals surface area contributed by atoms with E-state index in [1.807, 2.05) is 0 Å². The molecule has 84 valence electrons. The molecule has 0 atom stereocenters. The Morgan fingerprint density at radius 1 is 1.50 bits per heavy atom. The van der Waals surface area contributed by atoms with E-state index in [1.54, 1.807) is 24.3 Å². The molecule has 0 aliphatic carbocycles. The number of carbonyl (C=O) groups is 1. The molecular formula is C10H8Cl2N2O2. The van der Waals surface area contributed by atoms with Gasteiger partial charge in [-0.3, -0.25) is 0 Å². The number of hydrogen-bond acceptors (Lipinski definition) is 3. The zero-order chi connectivity index (χ0) is 12.0. The number of halogens is 2. The van der Waals surface area contributed by atoms with Crippen LogP contribution in [0, 0.1) is 11.3 Å². The highest BCUT2D eigenvalue weighted by Crippen LogP contribution is 2.21. The van der Waals surface area contributed by atoms with Crippen LogP contribution in [0.3, 0.4) is 0 Å². The van der Waals surface area contributed by atoms with Gasteiger partial charge in [-0.05, 0) is 12.1 Å². The molecule has 1 aromatic carbocycles. The van der Waals surface area contributed by atoms with Crippen molar-refractivity contribution in [2.24, 2.45) is 0 Å². The van der Waals surface area contributed by atoms with Gasteiger partial charge in [0.1, 0.15) is 13.2 Å². The maximum absolute atomic E-state index is 11.0. The molecule has 0 saturated heterocycles. The van der Waals surface area contributed by atoms with E-state index in [-0.39, 0.29) is 13.2 Å². The first-order valence-corrected chi connectivity index (χ1v) is 5.10. The third-order valence-corrected chi connectivity index (χ3v) is 2.27. The smallest absolute Gasteiger partial charge is 0.408 e. The molecule has 1 aromatic rings. The van der Waals surface area contributed by atoms with Crippen LogP contribution in [0.15, 0.2) is 18.2 Å². The quantitative estimate of drug-likeness (QED) is 0.849. The fourth-order valence-corrected chi connectivity index (χ4v) is 1.41. The summed E-state index contributed by atoms with van der Waals surface area (Å²) >= 11 is 11.6. The first-order valence-electron chi connectivity index (χ1n) is 4.35. The van der Waals surface area contributed by atoms with Gasteiger partial charge < -0.3 is 10.1 Å². The molecule has 1 rings (SSSR count). The molecule has 6 heteroatoms. The van der Waals surface area contributed by atoms with Crippen LogP contribution >= 0.6 is 23.2 Å². The molecule has 0 unspecified atom stereocenters. The van der Waals surface area contributed by atoms with E-state index in [0.717, 1.165) is 0 Å². The largest absolute Gasteiger partial charge is 0.445 e. The summed E-state index contributed by atoms with van der Waals surface area (Å²) in [6.07, 6.45) is -0.660. The number of carbonyl (C=O) groups excluding carboxylic acids is 1. The van der Waals surface area contributed by atoms with Crippen molar-refractivity contribution in [3.63, 3.8) is 0 Å². The fraction of sp³-hybridized carbons (Fsp3) is 0.200. The molecule has 4 nitrogen and oxygen atoms in total. The topological polar surface area (TPSA) is 62.1 Å². The molecule has 0 saturated carbocycles. The number of benzene rings is 1. The van der Waals surface area contributed by atoms with E-state index < -0.39 is 6.09 Å². The summed E-state index contributed by atoms with van der Waals surface area (Å²) in [5.41, 5.74) is 0.651. The lowest BCUT2D eigenvalue weighted by atomic mass is 10.2. The van der Waals surface area contributed by atoms with Gasteiger partial charge in [0.2, 0.25) is 0 Å². The maximum Gasteiger partial charge on any atom is 0.408 e. The number of amides is 1. The Morgan fingerprint density at radius 2 is 2.25 bits per heavy atom. The summed E-state index contributed by atoms with van der Waals surface area (Å²) in [4.78, 5) is 11.0.